The van der Waals surface area contributed by atoms with Crippen LogP contribution in [0.5, 0.6) is 0 Å². The highest BCUT2D eigenvalue weighted by molar-refractivity contribution is 5.42. The maximum atomic E-state index is 10.9. The van der Waals surface area contributed by atoms with Crippen molar-refractivity contribution >= 4 is 5.69 Å². The topological polar surface area (TPSA) is 90.0 Å². The van der Waals surface area contributed by atoms with E-state index in [4.69, 9.17) is 0 Å². The summed E-state index contributed by atoms with van der Waals surface area (Å²) in [6.07, 6.45) is 6.26. The maximum absolute atomic E-state index is 10.9. The van der Waals surface area contributed by atoms with Crippen molar-refractivity contribution in [1.82, 2.24) is 25.1 Å². The lowest BCUT2D eigenvalue weighted by molar-refractivity contribution is -0.384. The molecule has 1 aromatic carbocycles. The molecule has 2 aromatic rings. The van der Waals surface area contributed by atoms with Crippen molar-refractivity contribution in [1.29, 1.82) is 0 Å². The van der Waals surface area contributed by atoms with Gasteiger partial charge in [0, 0.05) is 18.2 Å². The molecule has 0 unspecified atom stereocenters. The second-order valence-corrected chi connectivity index (χ2v) is 5.99. The number of nitrogens with zero attached hydrogens (tertiary/aromatic N) is 6. The summed E-state index contributed by atoms with van der Waals surface area (Å²) >= 11 is 0. The van der Waals surface area contributed by atoms with Crippen molar-refractivity contribution in [3.63, 3.8) is 0 Å². The molecule has 1 saturated carbocycles. The molecule has 0 aliphatic heterocycles. The van der Waals surface area contributed by atoms with Crippen molar-refractivity contribution in [3.8, 4) is 5.69 Å². The Morgan fingerprint density at radius 3 is 2.87 bits per heavy atom. The SMILES string of the molecule is CN(Cc1nnnn1-c1cccc([N+](=O)[O-])c1)C1CCCCC1. The number of nitro groups is 1. The van der Waals surface area contributed by atoms with Crippen LogP contribution >= 0.6 is 0 Å². The van der Waals surface area contributed by atoms with Crippen molar-refractivity contribution in [2.45, 2.75) is 44.7 Å². The minimum atomic E-state index is -0.415. The standard InChI is InChI=1S/C15H20N6O2/c1-19(12-6-3-2-4-7-12)11-15-16-17-18-20(15)13-8-5-9-14(10-13)21(22)23/h5,8-10,12H,2-4,6-7,11H2,1H3. The Bertz CT molecular complexity index is 680. The minimum Gasteiger partial charge on any atom is -0.296 e. The highest BCUT2D eigenvalue weighted by Crippen LogP contribution is 2.23. The third-order valence-electron chi connectivity index (χ3n) is 4.41. The Morgan fingerprint density at radius 1 is 1.35 bits per heavy atom. The fourth-order valence-electron chi connectivity index (χ4n) is 3.12. The van der Waals surface area contributed by atoms with Gasteiger partial charge in [-0.2, -0.15) is 4.68 Å². The summed E-state index contributed by atoms with van der Waals surface area (Å²) in [5.41, 5.74) is 0.640. The van der Waals surface area contributed by atoms with Crippen molar-refractivity contribution in [2.24, 2.45) is 0 Å². The molecule has 1 aliphatic rings. The average Bonchev–Trinajstić information content (AvgIpc) is 3.04. The molecule has 1 fully saturated rings. The molecular weight excluding hydrogens is 296 g/mol. The van der Waals surface area contributed by atoms with Gasteiger partial charge in [0.25, 0.3) is 5.69 Å². The van der Waals surface area contributed by atoms with Gasteiger partial charge >= 0.3 is 0 Å². The van der Waals surface area contributed by atoms with E-state index in [-0.39, 0.29) is 5.69 Å². The van der Waals surface area contributed by atoms with E-state index in [2.05, 4.69) is 27.5 Å². The van der Waals surface area contributed by atoms with E-state index in [1.165, 1.54) is 44.2 Å². The number of rotatable bonds is 5. The number of benzene rings is 1. The third-order valence-corrected chi connectivity index (χ3v) is 4.41. The van der Waals surface area contributed by atoms with E-state index in [1.54, 1.807) is 16.8 Å². The zero-order valence-corrected chi connectivity index (χ0v) is 13.1. The van der Waals surface area contributed by atoms with E-state index in [1.807, 2.05) is 0 Å². The predicted octanol–water partition coefficient (Wildman–Crippen LogP) is 2.33. The van der Waals surface area contributed by atoms with E-state index in [0.29, 0.717) is 24.1 Å². The van der Waals surface area contributed by atoms with Crippen molar-refractivity contribution < 1.29 is 4.92 Å². The van der Waals surface area contributed by atoms with E-state index in [9.17, 15) is 10.1 Å². The molecule has 0 radical (unpaired) electrons. The van der Waals surface area contributed by atoms with Crippen LogP contribution in [-0.4, -0.2) is 43.1 Å². The van der Waals surface area contributed by atoms with Crippen LogP contribution in [0, 0.1) is 10.1 Å². The van der Waals surface area contributed by atoms with Gasteiger partial charge in [-0.25, -0.2) is 0 Å². The highest BCUT2D eigenvalue weighted by atomic mass is 16.6. The fraction of sp³-hybridized carbons (Fsp3) is 0.533. The van der Waals surface area contributed by atoms with Gasteiger partial charge in [-0.1, -0.05) is 25.3 Å². The molecule has 1 heterocycles. The van der Waals surface area contributed by atoms with E-state index in [0.717, 1.165) is 0 Å². The molecule has 0 bridgehead atoms. The second kappa shape index (κ2) is 6.82. The molecule has 23 heavy (non-hydrogen) atoms. The predicted molar refractivity (Wildman–Crippen MR) is 84.1 cm³/mol. The number of hydrogen-bond donors (Lipinski definition) is 0. The Labute approximate surface area is 134 Å². The molecule has 3 rings (SSSR count). The summed E-state index contributed by atoms with van der Waals surface area (Å²) in [6, 6.07) is 6.92. The van der Waals surface area contributed by atoms with Gasteiger partial charge in [-0.05, 0) is 36.4 Å². The van der Waals surface area contributed by atoms with Crippen molar-refractivity contribution in [2.75, 3.05) is 7.05 Å². The largest absolute Gasteiger partial charge is 0.296 e. The maximum Gasteiger partial charge on any atom is 0.271 e. The number of nitro benzene ring substituents is 1. The van der Waals surface area contributed by atoms with Crippen LogP contribution < -0.4 is 0 Å². The minimum absolute atomic E-state index is 0.0320. The van der Waals surface area contributed by atoms with Gasteiger partial charge in [0.05, 0.1) is 17.2 Å². The lowest BCUT2D eigenvalue weighted by Crippen LogP contribution is -2.33. The Kier molecular flexibility index (Phi) is 4.61. The summed E-state index contributed by atoms with van der Waals surface area (Å²) < 4.78 is 1.58. The molecule has 1 aromatic heterocycles. The first-order chi connectivity index (χ1) is 11.1. The lowest BCUT2D eigenvalue weighted by Gasteiger charge is -2.30. The van der Waals surface area contributed by atoms with Crippen LogP contribution in [0.25, 0.3) is 5.69 Å². The van der Waals surface area contributed by atoms with Crippen LogP contribution in [0.3, 0.4) is 0 Å². The first kappa shape index (κ1) is 15.5. The molecule has 122 valence electrons. The third kappa shape index (κ3) is 3.53. The summed E-state index contributed by atoms with van der Waals surface area (Å²) in [4.78, 5) is 12.8. The molecule has 0 atom stereocenters. The highest BCUT2D eigenvalue weighted by Gasteiger charge is 2.21. The number of hydrogen-bond acceptors (Lipinski definition) is 6. The molecule has 0 saturated heterocycles. The van der Waals surface area contributed by atoms with Crippen LogP contribution in [-0.2, 0) is 6.54 Å². The summed E-state index contributed by atoms with van der Waals surface area (Å²) in [5.74, 6) is 0.693. The summed E-state index contributed by atoms with van der Waals surface area (Å²) in [7, 11) is 2.09. The van der Waals surface area contributed by atoms with E-state index >= 15 is 0 Å². The number of non-ortho nitro benzene ring substituents is 1. The van der Waals surface area contributed by atoms with Crippen LogP contribution in [0.15, 0.2) is 24.3 Å². The first-order valence-electron chi connectivity index (χ1n) is 7.87. The quantitative estimate of drug-likeness (QED) is 0.621. The number of tetrazole rings is 1. The van der Waals surface area contributed by atoms with Gasteiger partial charge in [0.15, 0.2) is 5.82 Å². The van der Waals surface area contributed by atoms with Gasteiger partial charge < -0.3 is 0 Å². The molecule has 8 heteroatoms. The summed E-state index contributed by atoms with van der Waals surface area (Å²) in [5, 5.41) is 22.7. The zero-order chi connectivity index (χ0) is 16.2. The smallest absolute Gasteiger partial charge is 0.271 e. The van der Waals surface area contributed by atoms with E-state index < -0.39 is 4.92 Å². The van der Waals surface area contributed by atoms with Gasteiger partial charge in [-0.15, -0.1) is 5.10 Å². The average molecular weight is 316 g/mol. The summed E-state index contributed by atoms with van der Waals surface area (Å²) in [6.45, 7) is 0.625. The van der Waals surface area contributed by atoms with Gasteiger partial charge in [0.1, 0.15) is 0 Å². The van der Waals surface area contributed by atoms with Crippen molar-refractivity contribution in [3.05, 3.63) is 40.2 Å². The molecule has 0 N–H and O–H groups in total. The second-order valence-electron chi connectivity index (χ2n) is 5.99. The lowest BCUT2D eigenvalue weighted by atomic mass is 9.94. The molecule has 0 spiro atoms. The van der Waals surface area contributed by atoms with Gasteiger partial charge in [-0.3, -0.25) is 15.0 Å². The van der Waals surface area contributed by atoms with Crippen LogP contribution in [0.4, 0.5) is 5.69 Å². The Hall–Kier alpha value is -2.35. The molecule has 8 nitrogen and oxygen atoms in total. The molecule has 0 amide bonds. The van der Waals surface area contributed by atoms with Gasteiger partial charge in [0.2, 0.25) is 0 Å². The Morgan fingerprint density at radius 2 is 2.13 bits per heavy atom. The zero-order valence-electron chi connectivity index (χ0n) is 13.1. The number of aromatic nitrogens is 4. The molecular formula is C15H20N6O2. The fourth-order valence-corrected chi connectivity index (χ4v) is 3.12. The van der Waals surface area contributed by atoms with Crippen LogP contribution in [0.2, 0.25) is 0 Å². The Balaban J connectivity index is 1.79. The monoisotopic (exact) mass is 316 g/mol. The normalized spacial score (nSPS) is 15.9. The van der Waals surface area contributed by atoms with Crippen LogP contribution in [0.1, 0.15) is 37.9 Å². The molecule has 1 aliphatic carbocycles. The first-order valence-corrected chi connectivity index (χ1v) is 7.87.